The molecule has 3 rings (SSSR count). The molecular formula is C17H16BrFN2O. The van der Waals surface area contributed by atoms with E-state index in [9.17, 15) is 9.18 Å². The Morgan fingerprint density at radius 2 is 2.00 bits per heavy atom. The summed E-state index contributed by atoms with van der Waals surface area (Å²) in [6.07, 6.45) is 0.694. The van der Waals surface area contributed by atoms with Crippen LogP contribution in [0, 0.1) is 12.7 Å². The van der Waals surface area contributed by atoms with E-state index >= 15 is 0 Å². The number of hydrogen-bond acceptors (Lipinski definition) is 1. The normalized spacial score (nSPS) is 9.95. The van der Waals surface area contributed by atoms with Gasteiger partial charge < -0.3 is 10.3 Å². The first kappa shape index (κ1) is 16.2. The van der Waals surface area contributed by atoms with Gasteiger partial charge in [0.25, 0.3) is 0 Å². The maximum atomic E-state index is 12.6. The summed E-state index contributed by atoms with van der Waals surface area (Å²) in [4.78, 5) is 13.1. The van der Waals surface area contributed by atoms with E-state index in [1.807, 2.05) is 37.3 Å². The number of fused-ring (bicyclic) bond motifs is 1. The summed E-state index contributed by atoms with van der Waals surface area (Å²) in [6.45, 7) is 2.53. The standard InChI is InChI=1S/C9H8FN.C8H8BrNO/c1-6-4-7-5-8(10)2-3-9(7)11-6;9-8-4-2-1-3-7(8)5-10-6-11/h2-5,11H,1H3;1-4,6H,5H2,(H,10,11). The maximum Gasteiger partial charge on any atom is 0.207 e. The second-order valence-electron chi connectivity index (χ2n) is 4.77. The van der Waals surface area contributed by atoms with Gasteiger partial charge in [-0.1, -0.05) is 34.1 Å². The largest absolute Gasteiger partial charge is 0.359 e. The fourth-order valence-corrected chi connectivity index (χ4v) is 2.47. The van der Waals surface area contributed by atoms with Gasteiger partial charge in [0, 0.05) is 27.6 Å². The fraction of sp³-hybridized carbons (Fsp3) is 0.118. The minimum Gasteiger partial charge on any atom is -0.359 e. The number of amides is 1. The summed E-state index contributed by atoms with van der Waals surface area (Å²) in [5, 5.41) is 3.53. The zero-order valence-corrected chi connectivity index (χ0v) is 13.7. The van der Waals surface area contributed by atoms with Crippen LogP contribution in [0.2, 0.25) is 0 Å². The van der Waals surface area contributed by atoms with Gasteiger partial charge in [0.1, 0.15) is 5.82 Å². The molecule has 0 aliphatic heterocycles. The second-order valence-corrected chi connectivity index (χ2v) is 5.63. The van der Waals surface area contributed by atoms with Gasteiger partial charge in [0.15, 0.2) is 0 Å². The number of H-pyrrole nitrogens is 1. The molecule has 1 heterocycles. The molecule has 114 valence electrons. The predicted octanol–water partition coefficient (Wildman–Crippen LogP) is 4.31. The number of benzene rings is 2. The summed E-state index contributed by atoms with van der Waals surface area (Å²) in [5.74, 6) is -0.184. The van der Waals surface area contributed by atoms with E-state index in [1.165, 1.54) is 12.1 Å². The highest BCUT2D eigenvalue weighted by atomic mass is 79.9. The van der Waals surface area contributed by atoms with E-state index in [0.717, 1.165) is 26.6 Å². The molecule has 2 N–H and O–H groups in total. The molecule has 0 saturated heterocycles. The van der Waals surface area contributed by atoms with E-state index in [0.29, 0.717) is 13.0 Å². The van der Waals surface area contributed by atoms with Gasteiger partial charge in [-0.25, -0.2) is 4.39 Å². The SMILES string of the molecule is Cc1cc2cc(F)ccc2[nH]1.O=CNCc1ccccc1Br. The lowest BCUT2D eigenvalue weighted by molar-refractivity contribution is -0.109. The van der Waals surface area contributed by atoms with Gasteiger partial charge in [0.05, 0.1) is 0 Å². The van der Waals surface area contributed by atoms with Crippen molar-refractivity contribution >= 4 is 33.2 Å². The predicted molar refractivity (Wildman–Crippen MR) is 90.0 cm³/mol. The minimum absolute atomic E-state index is 0.184. The molecule has 22 heavy (non-hydrogen) atoms. The summed E-state index contributed by atoms with van der Waals surface area (Å²) < 4.78 is 13.7. The monoisotopic (exact) mass is 362 g/mol. The molecule has 5 heteroatoms. The van der Waals surface area contributed by atoms with Crippen molar-refractivity contribution in [2.75, 3.05) is 0 Å². The van der Waals surface area contributed by atoms with Gasteiger partial charge in [-0.05, 0) is 42.8 Å². The molecular weight excluding hydrogens is 347 g/mol. The van der Waals surface area contributed by atoms with Crippen LogP contribution in [0.1, 0.15) is 11.3 Å². The molecule has 3 aromatic rings. The highest BCUT2D eigenvalue weighted by Gasteiger charge is 1.97. The van der Waals surface area contributed by atoms with Crippen LogP contribution in [0.3, 0.4) is 0 Å². The Balaban J connectivity index is 0.000000160. The van der Waals surface area contributed by atoms with Gasteiger partial charge in [-0.15, -0.1) is 0 Å². The number of nitrogens with one attached hydrogen (secondary N) is 2. The van der Waals surface area contributed by atoms with Gasteiger partial charge in [-0.2, -0.15) is 0 Å². The Morgan fingerprint density at radius 3 is 2.73 bits per heavy atom. The molecule has 0 fully saturated rings. The highest BCUT2D eigenvalue weighted by Crippen LogP contribution is 2.16. The van der Waals surface area contributed by atoms with Crippen molar-refractivity contribution in [3.8, 4) is 0 Å². The summed E-state index contributed by atoms with van der Waals surface area (Å²) >= 11 is 3.37. The fourth-order valence-electron chi connectivity index (χ4n) is 2.04. The third-order valence-corrected chi connectivity index (χ3v) is 3.82. The van der Waals surface area contributed by atoms with Crippen LogP contribution in [0.25, 0.3) is 10.9 Å². The van der Waals surface area contributed by atoms with Crippen molar-refractivity contribution in [3.63, 3.8) is 0 Å². The number of aryl methyl sites for hydroxylation is 1. The molecule has 0 aliphatic carbocycles. The Kier molecular flexibility index (Phi) is 5.72. The van der Waals surface area contributed by atoms with Crippen LogP contribution in [-0.2, 0) is 11.3 Å². The van der Waals surface area contributed by atoms with Crippen LogP contribution in [0.5, 0.6) is 0 Å². The number of hydrogen-bond donors (Lipinski definition) is 2. The number of aromatic amines is 1. The van der Waals surface area contributed by atoms with Crippen molar-refractivity contribution < 1.29 is 9.18 Å². The first-order valence-electron chi connectivity index (χ1n) is 6.75. The van der Waals surface area contributed by atoms with Crippen LogP contribution in [-0.4, -0.2) is 11.4 Å². The van der Waals surface area contributed by atoms with Crippen molar-refractivity contribution in [1.82, 2.24) is 10.3 Å². The number of rotatable bonds is 3. The van der Waals surface area contributed by atoms with Crippen molar-refractivity contribution in [3.05, 3.63) is 70.1 Å². The van der Waals surface area contributed by atoms with Crippen LogP contribution in [0.15, 0.2) is 53.0 Å². The lowest BCUT2D eigenvalue weighted by atomic mass is 10.2. The van der Waals surface area contributed by atoms with E-state index in [1.54, 1.807) is 6.07 Å². The molecule has 0 aliphatic rings. The second kappa shape index (κ2) is 7.75. The Morgan fingerprint density at radius 1 is 1.23 bits per heavy atom. The zero-order valence-electron chi connectivity index (χ0n) is 12.1. The van der Waals surface area contributed by atoms with Gasteiger partial charge in [0.2, 0.25) is 6.41 Å². The minimum atomic E-state index is -0.184. The van der Waals surface area contributed by atoms with Crippen LogP contribution in [0.4, 0.5) is 4.39 Å². The van der Waals surface area contributed by atoms with Crippen LogP contribution >= 0.6 is 15.9 Å². The third-order valence-electron chi connectivity index (χ3n) is 3.05. The first-order valence-corrected chi connectivity index (χ1v) is 7.55. The van der Waals surface area contributed by atoms with Crippen molar-refractivity contribution in [2.45, 2.75) is 13.5 Å². The lowest BCUT2D eigenvalue weighted by Crippen LogP contribution is -2.09. The molecule has 0 radical (unpaired) electrons. The van der Waals surface area contributed by atoms with E-state index in [2.05, 4.69) is 26.2 Å². The topological polar surface area (TPSA) is 44.9 Å². The van der Waals surface area contributed by atoms with Crippen molar-refractivity contribution in [2.24, 2.45) is 0 Å². The first-order chi connectivity index (χ1) is 10.6. The number of halogens is 2. The Bertz CT molecular complexity index is 770. The molecule has 1 aromatic heterocycles. The Labute approximate surface area is 136 Å². The van der Waals surface area contributed by atoms with Crippen molar-refractivity contribution in [1.29, 1.82) is 0 Å². The molecule has 0 bridgehead atoms. The quantitative estimate of drug-likeness (QED) is 0.670. The van der Waals surface area contributed by atoms with Gasteiger partial charge in [-0.3, -0.25) is 4.79 Å². The Hall–Kier alpha value is -2.14. The van der Waals surface area contributed by atoms with E-state index < -0.39 is 0 Å². The maximum absolute atomic E-state index is 12.6. The molecule has 3 nitrogen and oxygen atoms in total. The molecule has 0 unspecified atom stereocenters. The highest BCUT2D eigenvalue weighted by molar-refractivity contribution is 9.10. The average Bonchev–Trinajstić information content (AvgIpc) is 2.86. The number of carbonyl (C=O) groups is 1. The number of aromatic nitrogens is 1. The van der Waals surface area contributed by atoms with E-state index in [-0.39, 0.29) is 5.82 Å². The lowest BCUT2D eigenvalue weighted by Gasteiger charge is -2.01. The molecule has 0 atom stereocenters. The molecule has 1 amide bonds. The summed E-state index contributed by atoms with van der Waals surface area (Å²) in [6, 6.07) is 14.4. The summed E-state index contributed by atoms with van der Waals surface area (Å²) in [7, 11) is 0. The zero-order chi connectivity index (χ0) is 15.9. The summed E-state index contributed by atoms with van der Waals surface area (Å²) in [5.41, 5.74) is 3.13. The average molecular weight is 363 g/mol. The molecule has 0 spiro atoms. The molecule has 0 saturated carbocycles. The van der Waals surface area contributed by atoms with Crippen LogP contribution < -0.4 is 5.32 Å². The smallest absolute Gasteiger partial charge is 0.207 e. The van der Waals surface area contributed by atoms with Gasteiger partial charge >= 0.3 is 0 Å². The third kappa shape index (κ3) is 4.43. The molecule has 2 aromatic carbocycles. The number of carbonyl (C=O) groups excluding carboxylic acids is 1. The van der Waals surface area contributed by atoms with E-state index in [4.69, 9.17) is 0 Å².